The van der Waals surface area contributed by atoms with Gasteiger partial charge in [-0.05, 0) is 22.6 Å². The fourth-order valence-electron chi connectivity index (χ4n) is 1.15. The number of methoxy groups -OCH3 is 2. The highest BCUT2D eigenvalue weighted by atomic mass is 127. The van der Waals surface area contributed by atoms with Crippen LogP contribution in [0.1, 0.15) is 22.3 Å². The van der Waals surface area contributed by atoms with Crippen molar-refractivity contribution in [2.45, 2.75) is 6.43 Å². The molecule has 0 unspecified atom stereocenters. The highest BCUT2D eigenvalue weighted by Crippen LogP contribution is 2.32. The van der Waals surface area contributed by atoms with Crippen LogP contribution < -0.4 is 4.74 Å². The van der Waals surface area contributed by atoms with Gasteiger partial charge >= 0.3 is 5.97 Å². The Morgan fingerprint density at radius 3 is 2.56 bits per heavy atom. The van der Waals surface area contributed by atoms with Gasteiger partial charge in [-0.2, -0.15) is 0 Å². The van der Waals surface area contributed by atoms with Crippen LogP contribution in [0.4, 0.5) is 8.78 Å². The van der Waals surface area contributed by atoms with Crippen molar-refractivity contribution in [2.75, 3.05) is 14.2 Å². The first-order chi connectivity index (χ1) is 7.52. The van der Waals surface area contributed by atoms with Gasteiger partial charge in [-0.25, -0.2) is 18.6 Å². The van der Waals surface area contributed by atoms with Gasteiger partial charge in [0, 0.05) is 9.77 Å². The molecule has 0 N–H and O–H groups in total. The van der Waals surface area contributed by atoms with Gasteiger partial charge in [-0.3, -0.25) is 0 Å². The van der Waals surface area contributed by atoms with Crippen molar-refractivity contribution < 1.29 is 23.0 Å². The number of carbonyl (C=O) groups is 1. The van der Waals surface area contributed by atoms with Crippen molar-refractivity contribution in [1.82, 2.24) is 4.98 Å². The predicted octanol–water partition coefficient (Wildman–Crippen LogP) is 2.42. The van der Waals surface area contributed by atoms with E-state index in [2.05, 4.69) is 9.72 Å². The Balaban J connectivity index is 3.48. The summed E-state index contributed by atoms with van der Waals surface area (Å²) in [4.78, 5) is 15.1. The van der Waals surface area contributed by atoms with Crippen molar-refractivity contribution in [3.05, 3.63) is 20.9 Å². The molecular weight excluding hydrogens is 335 g/mol. The van der Waals surface area contributed by atoms with Crippen LogP contribution in [0, 0.1) is 3.57 Å². The lowest BCUT2D eigenvalue weighted by molar-refractivity contribution is 0.0583. The molecule has 88 valence electrons. The molecule has 0 aliphatic rings. The van der Waals surface area contributed by atoms with Gasteiger partial charge in [0.2, 0.25) is 5.88 Å². The molecular formula is C9H8F2INO3. The number of pyridine rings is 1. The van der Waals surface area contributed by atoms with Crippen LogP contribution in [-0.4, -0.2) is 25.2 Å². The maximum Gasteiger partial charge on any atom is 0.343 e. The van der Waals surface area contributed by atoms with Gasteiger partial charge in [-0.15, -0.1) is 0 Å². The van der Waals surface area contributed by atoms with Gasteiger partial charge in [0.25, 0.3) is 6.43 Å². The number of rotatable bonds is 3. The zero-order valence-electron chi connectivity index (χ0n) is 8.46. The molecule has 1 aromatic rings. The highest BCUT2D eigenvalue weighted by Gasteiger charge is 2.27. The number of halogens is 3. The number of carbonyl (C=O) groups excluding carboxylic acids is 1. The van der Waals surface area contributed by atoms with E-state index >= 15 is 0 Å². The lowest BCUT2D eigenvalue weighted by Gasteiger charge is -2.12. The van der Waals surface area contributed by atoms with E-state index in [4.69, 9.17) is 4.74 Å². The molecule has 7 heteroatoms. The Hall–Kier alpha value is -0.990. The molecule has 4 nitrogen and oxygen atoms in total. The minimum absolute atomic E-state index is 0.164. The standard InChI is InChI=1S/C9H8F2INO3/c1-15-8-6(9(14)16-2)5(7(10)11)4(12)3-13-8/h3,7H,1-2H3. The number of ether oxygens (including phenoxy) is 2. The fraction of sp³-hybridized carbons (Fsp3) is 0.333. The van der Waals surface area contributed by atoms with E-state index in [0.717, 1.165) is 7.11 Å². The summed E-state index contributed by atoms with van der Waals surface area (Å²) >= 11 is 1.68. The fourth-order valence-corrected chi connectivity index (χ4v) is 1.80. The van der Waals surface area contributed by atoms with Crippen molar-refractivity contribution in [3.63, 3.8) is 0 Å². The van der Waals surface area contributed by atoms with E-state index in [9.17, 15) is 13.6 Å². The molecule has 0 radical (unpaired) electrons. The lowest BCUT2D eigenvalue weighted by Crippen LogP contribution is -2.11. The summed E-state index contributed by atoms with van der Waals surface area (Å²) in [5, 5.41) is 0. The zero-order valence-corrected chi connectivity index (χ0v) is 10.6. The van der Waals surface area contributed by atoms with Crippen LogP contribution >= 0.6 is 22.6 Å². The molecule has 0 aromatic carbocycles. The van der Waals surface area contributed by atoms with Crippen LogP contribution in [0.15, 0.2) is 6.20 Å². The smallest absolute Gasteiger partial charge is 0.343 e. The first-order valence-corrected chi connectivity index (χ1v) is 5.19. The summed E-state index contributed by atoms with van der Waals surface area (Å²) in [5.41, 5.74) is -0.744. The maximum atomic E-state index is 12.8. The molecule has 1 aromatic heterocycles. The first-order valence-electron chi connectivity index (χ1n) is 4.11. The van der Waals surface area contributed by atoms with E-state index < -0.39 is 18.0 Å². The second-order valence-electron chi connectivity index (χ2n) is 2.70. The summed E-state index contributed by atoms with van der Waals surface area (Å²) in [5.74, 6) is -1.05. The Morgan fingerprint density at radius 1 is 1.50 bits per heavy atom. The van der Waals surface area contributed by atoms with Crippen molar-refractivity contribution in [1.29, 1.82) is 0 Å². The van der Waals surface area contributed by atoms with Crippen LogP contribution in [0.5, 0.6) is 5.88 Å². The van der Waals surface area contributed by atoms with Gasteiger partial charge < -0.3 is 9.47 Å². The minimum atomic E-state index is -2.79. The second-order valence-corrected chi connectivity index (χ2v) is 3.86. The van der Waals surface area contributed by atoms with E-state index in [0.29, 0.717) is 0 Å². The summed E-state index contributed by atoms with van der Waals surface area (Å²) in [6.45, 7) is 0. The quantitative estimate of drug-likeness (QED) is 0.625. The molecule has 0 amide bonds. The molecule has 1 rings (SSSR count). The Labute approximate surface area is 104 Å². The van der Waals surface area contributed by atoms with Crippen LogP contribution in [-0.2, 0) is 4.74 Å². The largest absolute Gasteiger partial charge is 0.480 e. The van der Waals surface area contributed by atoms with Gasteiger partial charge in [-0.1, -0.05) is 0 Å². The molecule has 0 bridgehead atoms. The normalized spacial score (nSPS) is 10.4. The highest BCUT2D eigenvalue weighted by molar-refractivity contribution is 14.1. The van der Waals surface area contributed by atoms with Gasteiger partial charge in [0.15, 0.2) is 0 Å². The molecule has 16 heavy (non-hydrogen) atoms. The van der Waals surface area contributed by atoms with Crippen LogP contribution in [0.25, 0.3) is 0 Å². The summed E-state index contributed by atoms with van der Waals surface area (Å²) in [7, 11) is 2.35. The number of alkyl halides is 2. The molecule has 0 aliphatic carbocycles. The van der Waals surface area contributed by atoms with Crippen molar-refractivity contribution in [2.24, 2.45) is 0 Å². The third kappa shape index (κ3) is 2.39. The summed E-state index contributed by atoms with van der Waals surface area (Å²) in [6, 6.07) is 0. The molecule has 0 atom stereocenters. The number of aromatic nitrogens is 1. The second kappa shape index (κ2) is 5.37. The topological polar surface area (TPSA) is 48.4 Å². The maximum absolute atomic E-state index is 12.8. The van der Waals surface area contributed by atoms with Gasteiger partial charge in [0.1, 0.15) is 5.56 Å². The summed E-state index contributed by atoms with van der Waals surface area (Å²) in [6.07, 6.45) is -1.58. The first kappa shape index (κ1) is 13.1. The third-order valence-electron chi connectivity index (χ3n) is 1.84. The molecule has 0 fully saturated rings. The van der Waals surface area contributed by atoms with E-state index in [1.54, 1.807) is 22.6 Å². The van der Waals surface area contributed by atoms with Crippen molar-refractivity contribution >= 4 is 28.6 Å². The van der Waals surface area contributed by atoms with E-state index in [1.165, 1.54) is 13.3 Å². The predicted molar refractivity (Wildman–Crippen MR) is 59.8 cm³/mol. The number of nitrogens with zero attached hydrogens (tertiary/aromatic N) is 1. The SMILES string of the molecule is COC(=O)c1c(OC)ncc(I)c1C(F)F. The molecule has 0 aliphatic heterocycles. The third-order valence-corrected chi connectivity index (χ3v) is 2.70. The minimum Gasteiger partial charge on any atom is -0.480 e. The molecule has 1 heterocycles. The van der Waals surface area contributed by atoms with E-state index in [-0.39, 0.29) is 15.0 Å². The number of hydrogen-bond acceptors (Lipinski definition) is 4. The number of hydrogen-bond donors (Lipinski definition) is 0. The molecule has 0 saturated heterocycles. The Morgan fingerprint density at radius 2 is 2.12 bits per heavy atom. The molecule has 0 saturated carbocycles. The van der Waals surface area contributed by atoms with Gasteiger partial charge in [0.05, 0.1) is 19.8 Å². The lowest BCUT2D eigenvalue weighted by atomic mass is 10.1. The van der Waals surface area contributed by atoms with Crippen molar-refractivity contribution in [3.8, 4) is 5.88 Å². The van der Waals surface area contributed by atoms with E-state index in [1.807, 2.05) is 0 Å². The average Bonchev–Trinajstić information content (AvgIpc) is 2.27. The molecule has 0 spiro atoms. The monoisotopic (exact) mass is 343 g/mol. The average molecular weight is 343 g/mol. The van der Waals surface area contributed by atoms with Crippen LogP contribution in [0.3, 0.4) is 0 Å². The number of esters is 1. The Bertz CT molecular complexity index is 412. The van der Waals surface area contributed by atoms with Crippen LogP contribution in [0.2, 0.25) is 0 Å². The Kier molecular flexibility index (Phi) is 4.39. The summed E-state index contributed by atoms with van der Waals surface area (Å²) < 4.78 is 35.0. The zero-order chi connectivity index (χ0) is 12.3.